The minimum absolute atomic E-state index is 0.0197. The van der Waals surface area contributed by atoms with Gasteiger partial charge in [-0.05, 0) is 43.7 Å². The quantitative estimate of drug-likeness (QED) is 0.795. The highest BCUT2D eigenvalue weighted by molar-refractivity contribution is 5.96. The summed E-state index contributed by atoms with van der Waals surface area (Å²) in [6.45, 7) is 0.524. The Morgan fingerprint density at radius 3 is 2.46 bits per heavy atom. The normalized spacial score (nSPS) is 11.7. The molecule has 0 aliphatic rings. The van der Waals surface area contributed by atoms with Gasteiger partial charge in [0.05, 0.1) is 12.6 Å². The van der Waals surface area contributed by atoms with E-state index in [9.17, 15) is 18.4 Å². The topological polar surface area (TPSA) is 67.4 Å². The molecule has 0 saturated carbocycles. The van der Waals surface area contributed by atoms with E-state index in [-0.39, 0.29) is 18.2 Å². The number of benzene rings is 2. The van der Waals surface area contributed by atoms with Crippen molar-refractivity contribution in [1.82, 2.24) is 10.6 Å². The molecule has 0 saturated heterocycles. The fourth-order valence-electron chi connectivity index (χ4n) is 2.30. The van der Waals surface area contributed by atoms with Gasteiger partial charge in [0.25, 0.3) is 5.91 Å². The molecule has 2 rings (SSSR count). The lowest BCUT2D eigenvalue weighted by atomic mass is 10.1. The van der Waals surface area contributed by atoms with Gasteiger partial charge in [-0.25, -0.2) is 0 Å². The number of alkyl halides is 2. The van der Waals surface area contributed by atoms with E-state index >= 15 is 0 Å². The van der Waals surface area contributed by atoms with Gasteiger partial charge < -0.3 is 15.4 Å². The zero-order valence-corrected chi connectivity index (χ0v) is 14.5. The number of carbonyl (C=O) groups excluding carboxylic acids is 2. The van der Waals surface area contributed by atoms with Crippen molar-refractivity contribution in [3.8, 4) is 5.75 Å². The molecular weight excluding hydrogens is 342 g/mol. The van der Waals surface area contributed by atoms with Crippen molar-refractivity contribution in [1.29, 1.82) is 0 Å². The molecule has 0 heterocycles. The number of hydrogen-bond acceptors (Lipinski definition) is 3. The van der Waals surface area contributed by atoms with Crippen LogP contribution in [0.15, 0.2) is 48.5 Å². The van der Waals surface area contributed by atoms with Gasteiger partial charge in [0.2, 0.25) is 5.91 Å². The predicted octanol–water partition coefficient (Wildman–Crippen LogP) is 3.20. The van der Waals surface area contributed by atoms with E-state index in [2.05, 4.69) is 15.4 Å². The third-order valence-electron chi connectivity index (χ3n) is 3.68. The average molecular weight is 362 g/mol. The van der Waals surface area contributed by atoms with Crippen molar-refractivity contribution in [3.63, 3.8) is 0 Å². The molecular formula is C19H20F2N2O3. The summed E-state index contributed by atoms with van der Waals surface area (Å²) in [6, 6.07) is 12.6. The molecule has 138 valence electrons. The molecule has 0 spiro atoms. The molecule has 0 fully saturated rings. The highest BCUT2D eigenvalue weighted by atomic mass is 19.3. The minimum atomic E-state index is -2.91. The Morgan fingerprint density at radius 1 is 1.12 bits per heavy atom. The number of aryl methyl sites for hydroxylation is 1. The molecule has 26 heavy (non-hydrogen) atoms. The molecule has 0 aliphatic carbocycles. The molecule has 2 amide bonds. The summed E-state index contributed by atoms with van der Waals surface area (Å²) < 4.78 is 28.9. The molecule has 0 aromatic heterocycles. The van der Waals surface area contributed by atoms with Crippen molar-refractivity contribution >= 4 is 11.8 Å². The molecule has 2 aromatic rings. The van der Waals surface area contributed by atoms with Crippen molar-refractivity contribution < 1.29 is 23.1 Å². The standard InChI is InChI=1S/C19H20F2N2O3/c1-12-6-8-14(9-7-12)18(25)22-11-17(24)23-13(2)15-4-3-5-16(10-15)26-19(20)21/h3-10,13,19H,11H2,1-2H3,(H,22,25)(H,23,24). The summed E-state index contributed by atoms with van der Waals surface area (Å²) in [7, 11) is 0. The van der Waals surface area contributed by atoms with Crippen LogP contribution < -0.4 is 15.4 Å². The molecule has 7 heteroatoms. The molecule has 1 atom stereocenters. The van der Waals surface area contributed by atoms with E-state index in [4.69, 9.17) is 0 Å². The largest absolute Gasteiger partial charge is 0.435 e. The van der Waals surface area contributed by atoms with Crippen molar-refractivity contribution in [2.75, 3.05) is 6.54 Å². The molecule has 2 N–H and O–H groups in total. The van der Waals surface area contributed by atoms with Gasteiger partial charge in [0, 0.05) is 5.56 Å². The average Bonchev–Trinajstić information content (AvgIpc) is 2.60. The zero-order chi connectivity index (χ0) is 19.1. The highest BCUT2D eigenvalue weighted by Gasteiger charge is 2.13. The Bertz CT molecular complexity index is 764. The number of nitrogens with one attached hydrogen (secondary N) is 2. The summed E-state index contributed by atoms with van der Waals surface area (Å²) >= 11 is 0. The smallest absolute Gasteiger partial charge is 0.387 e. The Hall–Kier alpha value is -2.96. The van der Waals surface area contributed by atoms with Gasteiger partial charge in [0.1, 0.15) is 5.75 Å². The van der Waals surface area contributed by atoms with E-state index in [1.807, 2.05) is 19.1 Å². The summed E-state index contributed by atoms with van der Waals surface area (Å²) in [5, 5.41) is 5.23. The number of rotatable bonds is 7. The SMILES string of the molecule is Cc1ccc(C(=O)NCC(=O)NC(C)c2cccc(OC(F)F)c2)cc1. The first-order valence-electron chi connectivity index (χ1n) is 8.04. The highest BCUT2D eigenvalue weighted by Crippen LogP contribution is 2.20. The number of amides is 2. The summed E-state index contributed by atoms with van der Waals surface area (Å²) in [5.41, 5.74) is 2.11. The second kappa shape index (κ2) is 8.94. The first kappa shape index (κ1) is 19.4. The summed E-state index contributed by atoms with van der Waals surface area (Å²) in [5.74, 6) is -0.718. The van der Waals surface area contributed by atoms with E-state index in [0.29, 0.717) is 11.1 Å². The van der Waals surface area contributed by atoms with Crippen LogP contribution in [-0.4, -0.2) is 25.0 Å². The van der Waals surface area contributed by atoms with E-state index in [0.717, 1.165) is 5.56 Å². The van der Waals surface area contributed by atoms with Crippen LogP contribution in [0.5, 0.6) is 5.75 Å². The van der Waals surface area contributed by atoms with Crippen LogP contribution in [0.25, 0.3) is 0 Å². The van der Waals surface area contributed by atoms with Crippen LogP contribution in [0.4, 0.5) is 8.78 Å². The Balaban J connectivity index is 1.87. The molecule has 1 unspecified atom stereocenters. The molecule has 0 aliphatic heterocycles. The molecule has 2 aromatic carbocycles. The first-order valence-corrected chi connectivity index (χ1v) is 8.04. The van der Waals surface area contributed by atoms with Crippen molar-refractivity contribution in [2.24, 2.45) is 0 Å². The second-order valence-electron chi connectivity index (χ2n) is 5.79. The van der Waals surface area contributed by atoms with Gasteiger partial charge in [-0.2, -0.15) is 8.78 Å². The van der Waals surface area contributed by atoms with E-state index < -0.39 is 18.6 Å². The number of carbonyl (C=O) groups is 2. The van der Waals surface area contributed by atoms with E-state index in [1.165, 1.54) is 12.1 Å². The minimum Gasteiger partial charge on any atom is -0.435 e. The van der Waals surface area contributed by atoms with Crippen LogP contribution >= 0.6 is 0 Å². The second-order valence-corrected chi connectivity index (χ2v) is 5.79. The lowest BCUT2D eigenvalue weighted by Gasteiger charge is -2.16. The van der Waals surface area contributed by atoms with Crippen LogP contribution in [0.1, 0.15) is 34.5 Å². The van der Waals surface area contributed by atoms with Gasteiger partial charge >= 0.3 is 6.61 Å². The van der Waals surface area contributed by atoms with Crippen molar-refractivity contribution in [3.05, 3.63) is 65.2 Å². The van der Waals surface area contributed by atoms with Crippen LogP contribution in [0, 0.1) is 6.92 Å². The van der Waals surface area contributed by atoms with E-state index in [1.54, 1.807) is 31.2 Å². The first-order chi connectivity index (χ1) is 12.3. The van der Waals surface area contributed by atoms with Crippen LogP contribution in [-0.2, 0) is 4.79 Å². The Labute approximate surface area is 150 Å². The summed E-state index contributed by atoms with van der Waals surface area (Å²) in [6.07, 6.45) is 0. The van der Waals surface area contributed by atoms with Crippen LogP contribution in [0.3, 0.4) is 0 Å². The fourth-order valence-corrected chi connectivity index (χ4v) is 2.30. The van der Waals surface area contributed by atoms with Gasteiger partial charge in [-0.15, -0.1) is 0 Å². The third kappa shape index (κ3) is 5.84. The van der Waals surface area contributed by atoms with Crippen LogP contribution in [0.2, 0.25) is 0 Å². The molecule has 5 nitrogen and oxygen atoms in total. The Morgan fingerprint density at radius 2 is 1.81 bits per heavy atom. The maximum atomic E-state index is 12.3. The van der Waals surface area contributed by atoms with Gasteiger partial charge in [-0.1, -0.05) is 29.8 Å². The lowest BCUT2D eigenvalue weighted by molar-refractivity contribution is -0.120. The number of ether oxygens (including phenoxy) is 1. The lowest BCUT2D eigenvalue weighted by Crippen LogP contribution is -2.38. The number of hydrogen-bond donors (Lipinski definition) is 2. The fraction of sp³-hybridized carbons (Fsp3) is 0.263. The van der Waals surface area contributed by atoms with Gasteiger partial charge in [-0.3, -0.25) is 9.59 Å². The maximum absolute atomic E-state index is 12.3. The molecule has 0 bridgehead atoms. The third-order valence-corrected chi connectivity index (χ3v) is 3.68. The van der Waals surface area contributed by atoms with Crippen molar-refractivity contribution in [2.45, 2.75) is 26.5 Å². The van der Waals surface area contributed by atoms with Gasteiger partial charge in [0.15, 0.2) is 0 Å². The zero-order valence-electron chi connectivity index (χ0n) is 14.5. The Kier molecular flexibility index (Phi) is 6.66. The predicted molar refractivity (Wildman–Crippen MR) is 93.1 cm³/mol. The summed E-state index contributed by atoms with van der Waals surface area (Å²) in [4.78, 5) is 24.0. The molecule has 0 radical (unpaired) electrons. The number of halogens is 2. The maximum Gasteiger partial charge on any atom is 0.387 e. The monoisotopic (exact) mass is 362 g/mol.